The molecule has 1 atom stereocenters. The Morgan fingerprint density at radius 3 is 2.19 bits per heavy atom. The molecule has 3 nitrogen and oxygen atoms in total. The summed E-state index contributed by atoms with van der Waals surface area (Å²) in [5, 5.41) is 8.71. The maximum absolute atomic E-state index is 10.6. The zero-order chi connectivity index (χ0) is 12.3. The molecular weight excluding hydrogens is 309 g/mol. The third-order valence-corrected chi connectivity index (χ3v) is 8.49. The first-order valence-electron chi connectivity index (χ1n) is 5.38. The van der Waals surface area contributed by atoms with Crippen LogP contribution in [0.4, 0.5) is 0 Å². The van der Waals surface area contributed by atoms with Gasteiger partial charge in [0.25, 0.3) is 0 Å². The van der Waals surface area contributed by atoms with Crippen molar-refractivity contribution in [1.29, 1.82) is 0 Å². The van der Waals surface area contributed by atoms with E-state index in [1.807, 2.05) is 12.1 Å². The van der Waals surface area contributed by atoms with Gasteiger partial charge in [0.2, 0.25) is 0 Å². The molecule has 0 unspecified atom stereocenters. The van der Waals surface area contributed by atoms with Gasteiger partial charge in [-0.1, -0.05) is 0 Å². The monoisotopic (exact) mass is 329 g/mol. The predicted molar refractivity (Wildman–Crippen MR) is 68.7 cm³/mol. The second kappa shape index (κ2) is 5.19. The molecule has 0 saturated carbocycles. The molecule has 1 aromatic rings. The SMILES string of the molecule is [CH3][Sn]([CH3])([CH3])[c]1ccc(C[C@H](N)C(=O)O)cc1. The summed E-state index contributed by atoms with van der Waals surface area (Å²) in [6, 6.07) is 7.45. The summed E-state index contributed by atoms with van der Waals surface area (Å²) in [5.41, 5.74) is 6.48. The van der Waals surface area contributed by atoms with E-state index in [2.05, 4.69) is 27.0 Å². The van der Waals surface area contributed by atoms with E-state index in [-0.39, 0.29) is 0 Å². The summed E-state index contributed by atoms with van der Waals surface area (Å²) in [6.45, 7) is 0. The van der Waals surface area contributed by atoms with Gasteiger partial charge in [-0.2, -0.15) is 0 Å². The van der Waals surface area contributed by atoms with Crippen LogP contribution in [0.15, 0.2) is 24.3 Å². The van der Waals surface area contributed by atoms with Gasteiger partial charge in [0.05, 0.1) is 0 Å². The van der Waals surface area contributed by atoms with Crippen LogP contribution >= 0.6 is 0 Å². The van der Waals surface area contributed by atoms with E-state index in [4.69, 9.17) is 10.8 Å². The summed E-state index contributed by atoms with van der Waals surface area (Å²) in [7, 11) is 0. The Bertz CT molecular complexity index is 368. The third-order valence-electron chi connectivity index (χ3n) is 2.59. The minimum atomic E-state index is -1.97. The van der Waals surface area contributed by atoms with Crippen molar-refractivity contribution in [3.63, 3.8) is 0 Å². The number of carbonyl (C=O) groups is 1. The van der Waals surface area contributed by atoms with Gasteiger partial charge in [0.15, 0.2) is 0 Å². The van der Waals surface area contributed by atoms with Crippen LogP contribution in [0.25, 0.3) is 0 Å². The van der Waals surface area contributed by atoms with Crippen LogP contribution in [0.5, 0.6) is 0 Å². The third kappa shape index (κ3) is 3.79. The molecule has 16 heavy (non-hydrogen) atoms. The molecular formula is C12H19NO2Sn. The summed E-state index contributed by atoms with van der Waals surface area (Å²) in [4.78, 5) is 17.7. The Morgan fingerprint density at radius 1 is 1.31 bits per heavy atom. The Balaban J connectivity index is 2.76. The summed E-state index contributed by atoms with van der Waals surface area (Å²) in [5.74, 6) is -0.945. The van der Waals surface area contributed by atoms with E-state index in [9.17, 15) is 4.79 Å². The maximum atomic E-state index is 10.6. The van der Waals surface area contributed by atoms with Gasteiger partial charge in [-0.25, -0.2) is 0 Å². The van der Waals surface area contributed by atoms with Crippen molar-refractivity contribution < 1.29 is 9.90 Å². The zero-order valence-electron chi connectivity index (χ0n) is 10.0. The van der Waals surface area contributed by atoms with Gasteiger partial charge in [0, 0.05) is 0 Å². The van der Waals surface area contributed by atoms with Crippen molar-refractivity contribution in [3.05, 3.63) is 29.8 Å². The Morgan fingerprint density at radius 2 is 1.81 bits per heavy atom. The van der Waals surface area contributed by atoms with Crippen molar-refractivity contribution >= 4 is 27.9 Å². The molecule has 0 spiro atoms. The van der Waals surface area contributed by atoms with Gasteiger partial charge in [-0.3, -0.25) is 0 Å². The van der Waals surface area contributed by atoms with Crippen molar-refractivity contribution in [2.75, 3.05) is 0 Å². The fourth-order valence-corrected chi connectivity index (χ4v) is 4.81. The number of benzene rings is 1. The van der Waals surface area contributed by atoms with E-state index >= 15 is 0 Å². The predicted octanol–water partition coefficient (Wildman–Crippen LogP) is 1.19. The molecule has 0 saturated heterocycles. The van der Waals surface area contributed by atoms with Gasteiger partial charge in [-0.15, -0.1) is 0 Å². The van der Waals surface area contributed by atoms with E-state index in [1.54, 1.807) is 0 Å². The van der Waals surface area contributed by atoms with Crippen LogP contribution in [0, 0.1) is 0 Å². The van der Waals surface area contributed by atoms with Crippen LogP contribution in [-0.2, 0) is 11.2 Å². The second-order valence-electron chi connectivity index (χ2n) is 5.10. The number of nitrogens with two attached hydrogens (primary N) is 1. The zero-order valence-corrected chi connectivity index (χ0v) is 12.9. The quantitative estimate of drug-likeness (QED) is 0.816. The topological polar surface area (TPSA) is 63.3 Å². The number of carboxylic acids is 1. The first-order chi connectivity index (χ1) is 7.30. The number of rotatable bonds is 4. The van der Waals surface area contributed by atoms with Crippen LogP contribution in [0.2, 0.25) is 14.8 Å². The molecule has 3 N–H and O–H groups in total. The molecule has 0 aliphatic heterocycles. The first-order valence-corrected chi connectivity index (χ1v) is 15.4. The standard InChI is InChI=1S/C9H10NO2.3CH3.Sn/c10-8(9(11)12)6-7-4-2-1-3-5-7;;;;/h2-5,8H,6,10H2,(H,11,12);3*1H3;/t8-;;;;/m0..../s1. The van der Waals surface area contributed by atoms with Crippen LogP contribution in [0.3, 0.4) is 0 Å². The average Bonchev–Trinajstić information content (AvgIpc) is 2.17. The Hall–Kier alpha value is -0.551. The fourth-order valence-electron chi connectivity index (χ4n) is 1.48. The van der Waals surface area contributed by atoms with Gasteiger partial charge in [-0.05, 0) is 0 Å². The molecule has 4 heteroatoms. The van der Waals surface area contributed by atoms with Crippen molar-refractivity contribution in [2.24, 2.45) is 5.73 Å². The molecule has 0 heterocycles. The van der Waals surface area contributed by atoms with E-state index in [0.29, 0.717) is 6.42 Å². The summed E-state index contributed by atoms with van der Waals surface area (Å²) < 4.78 is 1.45. The number of carboxylic acid groups (broad SMARTS) is 1. The number of aliphatic carboxylic acids is 1. The number of hydrogen-bond acceptors (Lipinski definition) is 2. The fraction of sp³-hybridized carbons (Fsp3) is 0.417. The molecule has 1 rings (SSSR count). The molecule has 1 aromatic carbocycles. The molecule has 88 valence electrons. The van der Waals surface area contributed by atoms with Crippen molar-refractivity contribution in [1.82, 2.24) is 0 Å². The van der Waals surface area contributed by atoms with Crippen LogP contribution in [-0.4, -0.2) is 35.5 Å². The van der Waals surface area contributed by atoms with Gasteiger partial charge in [0.1, 0.15) is 0 Å². The molecule has 0 aliphatic carbocycles. The molecule has 0 fully saturated rings. The van der Waals surface area contributed by atoms with Gasteiger partial charge >= 0.3 is 101 Å². The van der Waals surface area contributed by atoms with Gasteiger partial charge < -0.3 is 0 Å². The van der Waals surface area contributed by atoms with Crippen LogP contribution in [0.1, 0.15) is 5.56 Å². The minimum absolute atomic E-state index is 0.398. The normalized spacial score (nSPS) is 13.5. The van der Waals surface area contributed by atoms with E-state index in [0.717, 1.165) is 5.56 Å². The second-order valence-corrected chi connectivity index (χ2v) is 19.6. The molecule has 0 amide bonds. The first kappa shape index (κ1) is 13.5. The molecule has 0 aromatic heterocycles. The average molecular weight is 328 g/mol. The van der Waals surface area contributed by atoms with Crippen molar-refractivity contribution in [2.45, 2.75) is 27.3 Å². The Labute approximate surface area is 101 Å². The molecule has 0 bridgehead atoms. The number of hydrogen-bond donors (Lipinski definition) is 2. The Kier molecular flexibility index (Phi) is 4.38. The van der Waals surface area contributed by atoms with Crippen LogP contribution < -0.4 is 9.31 Å². The molecule has 0 aliphatic rings. The van der Waals surface area contributed by atoms with Crippen molar-refractivity contribution in [3.8, 4) is 0 Å². The van der Waals surface area contributed by atoms with E-state index < -0.39 is 30.4 Å². The summed E-state index contributed by atoms with van der Waals surface area (Å²) in [6.07, 6.45) is 0.398. The summed E-state index contributed by atoms with van der Waals surface area (Å²) >= 11 is -1.97. The van der Waals surface area contributed by atoms with E-state index in [1.165, 1.54) is 3.58 Å². The molecule has 0 radical (unpaired) electrons.